The number of nitrogens with two attached hydrogens (primary N) is 1. The summed E-state index contributed by atoms with van der Waals surface area (Å²) in [6, 6.07) is 0.530. The van der Waals surface area contributed by atoms with E-state index in [1.807, 2.05) is 0 Å². The summed E-state index contributed by atoms with van der Waals surface area (Å²) in [4.78, 5) is 15.6. The van der Waals surface area contributed by atoms with Crippen molar-refractivity contribution in [1.82, 2.24) is 4.90 Å². The lowest BCUT2D eigenvalue weighted by Gasteiger charge is -2.49. The van der Waals surface area contributed by atoms with Crippen LogP contribution >= 0.6 is 0 Å². The van der Waals surface area contributed by atoms with E-state index in [0.717, 1.165) is 31.2 Å². The number of carbonyl (C=O) groups excluding carboxylic acids is 1. The van der Waals surface area contributed by atoms with Gasteiger partial charge in [0.1, 0.15) is 0 Å². The van der Waals surface area contributed by atoms with Gasteiger partial charge in [0, 0.05) is 19.1 Å². The first-order chi connectivity index (χ1) is 10.2. The van der Waals surface area contributed by atoms with Gasteiger partial charge in [-0.2, -0.15) is 0 Å². The van der Waals surface area contributed by atoms with Gasteiger partial charge in [-0.15, -0.1) is 0 Å². The van der Waals surface area contributed by atoms with Crippen LogP contribution in [0.1, 0.15) is 71.1 Å². The minimum absolute atomic E-state index is 0.230. The molecule has 0 radical (unpaired) electrons. The van der Waals surface area contributed by atoms with Gasteiger partial charge in [-0.25, -0.2) is 0 Å². The van der Waals surface area contributed by atoms with Gasteiger partial charge in [0.25, 0.3) is 0 Å². The Labute approximate surface area is 129 Å². The normalized spacial score (nSPS) is 40.7. The van der Waals surface area contributed by atoms with Crippen LogP contribution < -0.4 is 5.73 Å². The molecule has 1 amide bonds. The van der Waals surface area contributed by atoms with E-state index in [2.05, 4.69) is 11.8 Å². The Morgan fingerprint density at radius 2 is 1.76 bits per heavy atom. The van der Waals surface area contributed by atoms with Crippen LogP contribution in [-0.4, -0.2) is 29.9 Å². The Hall–Kier alpha value is -0.570. The van der Waals surface area contributed by atoms with Crippen molar-refractivity contribution in [2.24, 2.45) is 23.0 Å². The van der Waals surface area contributed by atoms with E-state index in [1.54, 1.807) is 0 Å². The van der Waals surface area contributed by atoms with Crippen LogP contribution in [0.25, 0.3) is 0 Å². The molecule has 21 heavy (non-hydrogen) atoms. The first kappa shape index (κ1) is 15.3. The number of hydrogen-bond donors (Lipinski definition) is 1. The Morgan fingerprint density at radius 3 is 2.48 bits per heavy atom. The summed E-state index contributed by atoms with van der Waals surface area (Å²) in [6.07, 6.45) is 12.1. The number of carbonyl (C=O) groups is 1. The molecule has 0 aromatic rings. The summed E-state index contributed by atoms with van der Waals surface area (Å²) < 4.78 is 0. The summed E-state index contributed by atoms with van der Waals surface area (Å²) >= 11 is 0. The number of piperidine rings is 1. The zero-order valence-electron chi connectivity index (χ0n) is 13.7. The predicted octanol–water partition coefficient (Wildman–Crippen LogP) is 3.32. The van der Waals surface area contributed by atoms with E-state index >= 15 is 0 Å². The molecule has 3 heteroatoms. The number of amides is 1. The lowest BCUT2D eigenvalue weighted by atomic mass is 9.68. The van der Waals surface area contributed by atoms with Gasteiger partial charge in [-0.05, 0) is 63.2 Å². The monoisotopic (exact) mass is 292 g/mol. The standard InChI is InChI=1S/C18H32N2O/c1-14-8-10-18(13-19,11-9-14)17(21)20-12-4-6-15-5-2-3-7-16(15)20/h14-16H,2-13,19H2,1H3. The smallest absolute Gasteiger partial charge is 0.230 e. The van der Waals surface area contributed by atoms with Crippen LogP contribution in [0.15, 0.2) is 0 Å². The molecule has 2 atom stereocenters. The molecule has 2 saturated carbocycles. The largest absolute Gasteiger partial charge is 0.339 e. The maximum atomic E-state index is 13.3. The van der Waals surface area contributed by atoms with Crippen LogP contribution in [0.2, 0.25) is 0 Å². The molecule has 0 spiro atoms. The fourth-order valence-electron chi connectivity index (χ4n) is 5.00. The second kappa shape index (κ2) is 6.28. The summed E-state index contributed by atoms with van der Waals surface area (Å²) in [6.45, 7) is 3.84. The molecule has 2 aliphatic carbocycles. The van der Waals surface area contributed by atoms with E-state index in [9.17, 15) is 4.79 Å². The molecule has 1 aliphatic heterocycles. The fourth-order valence-corrected chi connectivity index (χ4v) is 5.00. The maximum absolute atomic E-state index is 13.3. The van der Waals surface area contributed by atoms with Crippen molar-refractivity contribution in [3.8, 4) is 0 Å². The number of hydrogen-bond acceptors (Lipinski definition) is 2. The molecule has 0 aromatic carbocycles. The van der Waals surface area contributed by atoms with Crippen molar-refractivity contribution in [2.75, 3.05) is 13.1 Å². The molecule has 120 valence electrons. The van der Waals surface area contributed by atoms with Gasteiger partial charge in [-0.3, -0.25) is 4.79 Å². The SMILES string of the molecule is CC1CCC(CN)(C(=O)N2CCCC3CCCCC32)CC1. The first-order valence-corrected chi connectivity index (χ1v) is 9.17. The summed E-state index contributed by atoms with van der Waals surface area (Å²) in [5, 5.41) is 0. The Bertz CT molecular complexity index is 371. The Morgan fingerprint density at radius 1 is 1.10 bits per heavy atom. The van der Waals surface area contributed by atoms with E-state index in [-0.39, 0.29) is 5.41 Å². The van der Waals surface area contributed by atoms with Crippen LogP contribution in [-0.2, 0) is 4.79 Å². The highest BCUT2D eigenvalue weighted by Crippen LogP contribution is 2.43. The van der Waals surface area contributed by atoms with E-state index in [4.69, 9.17) is 5.73 Å². The highest BCUT2D eigenvalue weighted by Gasteiger charge is 2.46. The Balaban J connectivity index is 1.75. The quantitative estimate of drug-likeness (QED) is 0.848. The van der Waals surface area contributed by atoms with Crippen LogP contribution in [0.4, 0.5) is 0 Å². The average molecular weight is 292 g/mol. The van der Waals surface area contributed by atoms with Gasteiger partial charge in [0.15, 0.2) is 0 Å². The van der Waals surface area contributed by atoms with Crippen LogP contribution in [0.5, 0.6) is 0 Å². The molecule has 3 fully saturated rings. The van der Waals surface area contributed by atoms with Gasteiger partial charge in [-0.1, -0.05) is 19.8 Å². The molecular weight excluding hydrogens is 260 g/mol. The summed E-state index contributed by atoms with van der Waals surface area (Å²) in [5.41, 5.74) is 5.88. The Kier molecular flexibility index (Phi) is 4.58. The highest BCUT2D eigenvalue weighted by molar-refractivity contribution is 5.83. The van der Waals surface area contributed by atoms with Crippen LogP contribution in [0, 0.1) is 17.3 Å². The van der Waals surface area contributed by atoms with Gasteiger partial charge in [0.05, 0.1) is 5.41 Å². The molecule has 3 aliphatic rings. The summed E-state index contributed by atoms with van der Waals surface area (Å²) in [5.74, 6) is 1.95. The lowest BCUT2D eigenvalue weighted by Crippen LogP contribution is -2.57. The molecule has 0 bridgehead atoms. The molecular formula is C18H32N2O. The van der Waals surface area contributed by atoms with Crippen molar-refractivity contribution < 1.29 is 4.79 Å². The zero-order valence-corrected chi connectivity index (χ0v) is 13.7. The number of rotatable bonds is 2. The van der Waals surface area contributed by atoms with Crippen molar-refractivity contribution in [1.29, 1.82) is 0 Å². The van der Waals surface area contributed by atoms with Crippen molar-refractivity contribution >= 4 is 5.91 Å². The highest BCUT2D eigenvalue weighted by atomic mass is 16.2. The fraction of sp³-hybridized carbons (Fsp3) is 0.944. The maximum Gasteiger partial charge on any atom is 0.230 e. The third-order valence-electron chi connectivity index (χ3n) is 6.58. The summed E-state index contributed by atoms with van der Waals surface area (Å²) in [7, 11) is 0. The van der Waals surface area contributed by atoms with Crippen molar-refractivity contribution in [3.05, 3.63) is 0 Å². The van der Waals surface area contributed by atoms with Gasteiger partial charge in [0.2, 0.25) is 5.91 Å². The molecule has 1 heterocycles. The van der Waals surface area contributed by atoms with Gasteiger partial charge < -0.3 is 10.6 Å². The molecule has 2 N–H and O–H groups in total. The zero-order chi connectivity index (χ0) is 14.9. The third kappa shape index (κ3) is 2.86. The van der Waals surface area contributed by atoms with Crippen molar-refractivity contribution in [3.63, 3.8) is 0 Å². The lowest BCUT2D eigenvalue weighted by molar-refractivity contribution is -0.150. The number of nitrogens with zero attached hydrogens (tertiary/aromatic N) is 1. The molecule has 2 unspecified atom stereocenters. The molecule has 0 aromatic heterocycles. The second-order valence-electron chi connectivity index (χ2n) is 7.92. The topological polar surface area (TPSA) is 46.3 Å². The molecule has 3 rings (SSSR count). The van der Waals surface area contributed by atoms with E-state index in [0.29, 0.717) is 18.5 Å². The molecule has 1 saturated heterocycles. The number of likely N-dealkylation sites (tertiary alicyclic amines) is 1. The first-order valence-electron chi connectivity index (χ1n) is 9.17. The number of fused-ring (bicyclic) bond motifs is 1. The van der Waals surface area contributed by atoms with Crippen molar-refractivity contribution in [2.45, 2.75) is 77.2 Å². The third-order valence-corrected chi connectivity index (χ3v) is 6.58. The van der Waals surface area contributed by atoms with E-state index in [1.165, 1.54) is 51.4 Å². The minimum Gasteiger partial charge on any atom is -0.339 e. The van der Waals surface area contributed by atoms with Crippen LogP contribution in [0.3, 0.4) is 0 Å². The van der Waals surface area contributed by atoms with Gasteiger partial charge >= 0.3 is 0 Å². The minimum atomic E-state index is -0.230. The average Bonchev–Trinajstić information content (AvgIpc) is 2.55. The van der Waals surface area contributed by atoms with E-state index < -0.39 is 0 Å². The second-order valence-corrected chi connectivity index (χ2v) is 7.92. The molecule has 3 nitrogen and oxygen atoms in total. The predicted molar refractivity (Wildman–Crippen MR) is 85.8 cm³/mol.